The van der Waals surface area contributed by atoms with Crippen LogP contribution in [0.3, 0.4) is 0 Å². The van der Waals surface area contributed by atoms with Crippen LogP contribution in [-0.2, 0) is 11.0 Å². The minimum atomic E-state index is -4.48. The van der Waals surface area contributed by atoms with Gasteiger partial charge in [-0.25, -0.2) is 0 Å². The highest BCUT2D eigenvalue weighted by Gasteiger charge is 2.38. The first kappa shape index (κ1) is 29.6. The lowest BCUT2D eigenvalue weighted by atomic mass is 9.73. The van der Waals surface area contributed by atoms with Crippen molar-refractivity contribution in [2.24, 2.45) is 11.8 Å². The SMILES string of the molecule is CC(C)CCN(CCC(F)(F)F)[C@@H]1CC[C@@H](CC(=O)O)C[C@H]1c1ccc(C(F)(F)F)cc1.Cl. The normalized spacial score (nSPS) is 21.8. The summed E-state index contributed by atoms with van der Waals surface area (Å²) in [5.41, 5.74) is -0.177. The zero-order chi connectivity index (χ0) is 24.1. The van der Waals surface area contributed by atoms with Gasteiger partial charge in [0.05, 0.1) is 12.0 Å². The van der Waals surface area contributed by atoms with E-state index in [0.717, 1.165) is 12.1 Å². The summed E-state index contributed by atoms with van der Waals surface area (Å²) in [6, 6.07) is 4.46. The van der Waals surface area contributed by atoms with Gasteiger partial charge in [-0.2, -0.15) is 26.3 Å². The van der Waals surface area contributed by atoms with Crippen molar-refractivity contribution >= 4 is 18.4 Å². The maximum atomic E-state index is 13.0. The molecule has 1 fully saturated rings. The second-order valence-electron chi connectivity index (χ2n) is 9.15. The Labute approximate surface area is 196 Å². The fourth-order valence-electron chi connectivity index (χ4n) is 4.53. The monoisotopic (exact) mass is 503 g/mol. The van der Waals surface area contributed by atoms with Crippen molar-refractivity contribution in [2.45, 2.75) is 76.7 Å². The van der Waals surface area contributed by atoms with Crippen LogP contribution < -0.4 is 0 Å². The molecule has 1 aromatic rings. The van der Waals surface area contributed by atoms with Crippen molar-refractivity contribution in [3.8, 4) is 0 Å². The van der Waals surface area contributed by atoms with E-state index in [4.69, 9.17) is 0 Å². The molecule has 2 rings (SSSR count). The van der Waals surface area contributed by atoms with Crippen LogP contribution in [0.1, 0.15) is 69.4 Å². The summed E-state index contributed by atoms with van der Waals surface area (Å²) in [7, 11) is 0. The van der Waals surface area contributed by atoms with E-state index in [1.165, 1.54) is 12.1 Å². The van der Waals surface area contributed by atoms with Gasteiger partial charge in [0.15, 0.2) is 0 Å². The zero-order valence-corrected chi connectivity index (χ0v) is 19.6. The zero-order valence-electron chi connectivity index (χ0n) is 18.8. The van der Waals surface area contributed by atoms with Gasteiger partial charge in [-0.3, -0.25) is 9.69 Å². The smallest absolute Gasteiger partial charge is 0.416 e. The second-order valence-corrected chi connectivity index (χ2v) is 9.15. The summed E-state index contributed by atoms with van der Waals surface area (Å²) >= 11 is 0. The maximum Gasteiger partial charge on any atom is 0.416 e. The lowest BCUT2D eigenvalue weighted by molar-refractivity contribution is -0.141. The van der Waals surface area contributed by atoms with Crippen molar-refractivity contribution in [3.05, 3.63) is 35.4 Å². The fraction of sp³-hybridized carbons (Fsp3) is 0.696. The number of nitrogens with zero attached hydrogens (tertiary/aromatic N) is 1. The Kier molecular flexibility index (Phi) is 11.0. The van der Waals surface area contributed by atoms with Crippen LogP contribution in [0.5, 0.6) is 0 Å². The van der Waals surface area contributed by atoms with Gasteiger partial charge >= 0.3 is 18.3 Å². The van der Waals surface area contributed by atoms with Gasteiger partial charge in [0.1, 0.15) is 0 Å². The minimum absolute atomic E-state index is 0. The summed E-state index contributed by atoms with van der Waals surface area (Å²) in [6.45, 7) is 4.25. The molecule has 3 nitrogen and oxygen atoms in total. The predicted molar refractivity (Wildman–Crippen MR) is 117 cm³/mol. The Balaban J connectivity index is 0.00000544. The number of halogens is 7. The molecular weight excluding hydrogens is 472 g/mol. The van der Waals surface area contributed by atoms with Gasteiger partial charge < -0.3 is 5.11 Å². The fourth-order valence-corrected chi connectivity index (χ4v) is 4.53. The first-order valence-electron chi connectivity index (χ1n) is 11.0. The van der Waals surface area contributed by atoms with Gasteiger partial charge in [-0.1, -0.05) is 26.0 Å². The molecule has 1 N–H and O–H groups in total. The molecule has 0 aromatic heterocycles. The van der Waals surface area contributed by atoms with Gasteiger partial charge in [0.2, 0.25) is 0 Å². The molecule has 33 heavy (non-hydrogen) atoms. The summed E-state index contributed by atoms with van der Waals surface area (Å²) < 4.78 is 77.8. The Morgan fingerprint density at radius 2 is 1.67 bits per heavy atom. The number of carbonyl (C=O) groups is 1. The Morgan fingerprint density at radius 3 is 2.15 bits per heavy atom. The molecule has 1 aliphatic rings. The van der Waals surface area contributed by atoms with Crippen LogP contribution >= 0.6 is 12.4 Å². The lowest BCUT2D eigenvalue weighted by Gasteiger charge is -2.43. The van der Waals surface area contributed by atoms with Crippen LogP contribution in [0.25, 0.3) is 0 Å². The van der Waals surface area contributed by atoms with Crippen molar-refractivity contribution in [1.29, 1.82) is 0 Å². The van der Waals surface area contributed by atoms with Crippen molar-refractivity contribution in [2.75, 3.05) is 13.1 Å². The number of carboxylic acid groups (broad SMARTS) is 1. The van der Waals surface area contributed by atoms with Crippen LogP contribution in [0.15, 0.2) is 24.3 Å². The highest BCUT2D eigenvalue weighted by Crippen LogP contribution is 2.42. The largest absolute Gasteiger partial charge is 0.481 e. The van der Waals surface area contributed by atoms with Crippen molar-refractivity contribution < 1.29 is 36.2 Å². The maximum absolute atomic E-state index is 13.0. The van der Waals surface area contributed by atoms with E-state index in [-0.39, 0.29) is 49.2 Å². The molecule has 10 heteroatoms. The van der Waals surface area contributed by atoms with Gasteiger partial charge in [-0.05, 0) is 67.7 Å². The van der Waals surface area contributed by atoms with E-state index >= 15 is 0 Å². The number of carboxylic acids is 1. The number of alkyl halides is 6. The average Bonchev–Trinajstić information content (AvgIpc) is 2.66. The molecule has 0 radical (unpaired) electrons. The number of hydrogen-bond acceptors (Lipinski definition) is 2. The molecule has 1 aliphatic carbocycles. The molecule has 0 aliphatic heterocycles. The number of hydrogen-bond donors (Lipinski definition) is 1. The molecule has 1 saturated carbocycles. The molecule has 0 saturated heterocycles. The number of benzene rings is 1. The topological polar surface area (TPSA) is 40.5 Å². The first-order chi connectivity index (χ1) is 14.8. The van der Waals surface area contributed by atoms with E-state index in [0.29, 0.717) is 37.8 Å². The second kappa shape index (κ2) is 12.3. The van der Waals surface area contributed by atoms with E-state index in [1.54, 1.807) is 0 Å². The molecule has 0 amide bonds. The third kappa shape index (κ3) is 9.73. The summed E-state index contributed by atoms with van der Waals surface area (Å²) in [5.74, 6) is -1.15. The van der Waals surface area contributed by atoms with Gasteiger partial charge in [-0.15, -0.1) is 12.4 Å². The summed E-state index contributed by atoms with van der Waals surface area (Å²) in [6.07, 6.45) is -7.60. The van der Waals surface area contributed by atoms with Crippen molar-refractivity contribution in [3.63, 3.8) is 0 Å². The number of rotatable bonds is 9. The molecule has 3 atom stereocenters. The highest BCUT2D eigenvalue weighted by atomic mass is 35.5. The van der Waals surface area contributed by atoms with Crippen LogP contribution in [-0.4, -0.2) is 41.3 Å². The quantitative estimate of drug-likeness (QED) is 0.364. The summed E-state index contributed by atoms with van der Waals surface area (Å²) in [4.78, 5) is 13.0. The highest BCUT2D eigenvalue weighted by molar-refractivity contribution is 5.85. The molecule has 0 unspecified atom stereocenters. The average molecular weight is 504 g/mol. The Morgan fingerprint density at radius 1 is 1.06 bits per heavy atom. The van der Waals surface area contributed by atoms with E-state index in [2.05, 4.69) is 0 Å². The Bertz CT molecular complexity index is 736. The standard InChI is InChI=1S/C23H31F6NO2.ClH/c1-15(2)9-11-30(12-10-22(24,25)26)20-8-3-16(14-21(31)32)13-19(20)17-4-6-18(7-5-17)23(27,28)29;/h4-7,15-16,19-20H,3,8-14H2,1-2H3,(H,31,32);1H/t16-,19+,20-;/m1./s1. The van der Waals surface area contributed by atoms with Gasteiger partial charge in [0.25, 0.3) is 0 Å². The summed E-state index contributed by atoms with van der Waals surface area (Å²) in [5, 5.41) is 9.18. The van der Waals surface area contributed by atoms with Crippen LogP contribution in [0.2, 0.25) is 0 Å². The van der Waals surface area contributed by atoms with Crippen LogP contribution in [0.4, 0.5) is 26.3 Å². The Hall–Kier alpha value is -1.48. The first-order valence-corrected chi connectivity index (χ1v) is 11.0. The van der Waals surface area contributed by atoms with E-state index in [9.17, 15) is 36.2 Å². The predicted octanol–water partition coefficient (Wildman–Crippen LogP) is 7.15. The third-order valence-corrected chi connectivity index (χ3v) is 6.20. The van der Waals surface area contributed by atoms with Gasteiger partial charge in [0, 0.05) is 19.0 Å². The molecular formula is C23H32ClF6NO2. The third-order valence-electron chi connectivity index (χ3n) is 6.20. The van der Waals surface area contributed by atoms with Crippen LogP contribution in [0, 0.1) is 11.8 Å². The van der Waals surface area contributed by atoms with E-state index in [1.807, 2.05) is 18.7 Å². The molecule has 0 heterocycles. The minimum Gasteiger partial charge on any atom is -0.481 e. The van der Waals surface area contributed by atoms with E-state index < -0.39 is 30.3 Å². The number of aliphatic carboxylic acids is 1. The van der Waals surface area contributed by atoms with Crippen molar-refractivity contribution in [1.82, 2.24) is 4.90 Å². The molecule has 0 bridgehead atoms. The lowest BCUT2D eigenvalue weighted by Crippen LogP contribution is -2.45. The molecule has 190 valence electrons. The molecule has 1 aromatic carbocycles. The molecule has 0 spiro atoms.